The van der Waals surface area contributed by atoms with E-state index >= 15 is 0 Å². The van der Waals surface area contributed by atoms with Gasteiger partial charge in [-0.05, 0) is 49.7 Å². The number of anilines is 1. The number of aromatic carboxylic acids is 1. The molecule has 1 heterocycles. The van der Waals surface area contributed by atoms with Gasteiger partial charge in [-0.3, -0.25) is 4.72 Å². The van der Waals surface area contributed by atoms with Crippen molar-refractivity contribution in [1.29, 1.82) is 0 Å². The maximum atomic E-state index is 12.6. The Kier molecular flexibility index (Phi) is 4.56. The van der Waals surface area contributed by atoms with Gasteiger partial charge in [0.2, 0.25) is 5.76 Å². The fourth-order valence-electron chi connectivity index (χ4n) is 2.41. The number of sulfonamides is 1. The molecule has 2 N–H and O–H groups in total. The van der Waals surface area contributed by atoms with Crippen molar-refractivity contribution in [3.63, 3.8) is 0 Å². The van der Waals surface area contributed by atoms with Gasteiger partial charge in [-0.15, -0.1) is 0 Å². The summed E-state index contributed by atoms with van der Waals surface area (Å²) in [6, 6.07) is 14.5. The smallest absolute Gasteiger partial charge is 0.371 e. The molecule has 0 atom stereocenters. The van der Waals surface area contributed by atoms with Crippen molar-refractivity contribution in [2.45, 2.75) is 18.7 Å². The highest BCUT2D eigenvalue weighted by Crippen LogP contribution is 2.28. The third kappa shape index (κ3) is 3.62. The first-order valence-electron chi connectivity index (χ1n) is 7.80. The molecule has 0 aliphatic carbocycles. The maximum Gasteiger partial charge on any atom is 0.371 e. The quantitative estimate of drug-likeness (QED) is 0.705. The summed E-state index contributed by atoms with van der Waals surface area (Å²) in [7, 11) is -3.73. The highest BCUT2D eigenvalue weighted by Gasteiger charge is 2.17. The topological polar surface area (TPSA) is 96.6 Å². The molecule has 0 spiro atoms. The minimum atomic E-state index is -3.73. The number of rotatable bonds is 5. The molecule has 3 aromatic rings. The number of carboxylic acid groups (broad SMARTS) is 1. The van der Waals surface area contributed by atoms with E-state index in [-0.39, 0.29) is 10.7 Å². The van der Waals surface area contributed by atoms with Crippen LogP contribution in [-0.2, 0) is 10.0 Å². The molecule has 0 unspecified atom stereocenters. The first-order valence-corrected chi connectivity index (χ1v) is 9.28. The minimum absolute atomic E-state index is 0.166. The highest BCUT2D eigenvalue weighted by atomic mass is 32.2. The van der Waals surface area contributed by atoms with Crippen LogP contribution in [0.5, 0.6) is 0 Å². The van der Waals surface area contributed by atoms with Crippen molar-refractivity contribution < 1.29 is 22.7 Å². The Labute approximate surface area is 151 Å². The molecule has 3 rings (SSSR count). The van der Waals surface area contributed by atoms with Crippen molar-refractivity contribution in [1.82, 2.24) is 0 Å². The summed E-state index contributed by atoms with van der Waals surface area (Å²) < 4.78 is 33.0. The predicted molar refractivity (Wildman–Crippen MR) is 97.8 cm³/mol. The van der Waals surface area contributed by atoms with Crippen LogP contribution >= 0.6 is 0 Å². The van der Waals surface area contributed by atoms with Crippen LogP contribution in [0, 0.1) is 13.8 Å². The van der Waals surface area contributed by atoms with Gasteiger partial charge in [0, 0.05) is 5.56 Å². The van der Waals surface area contributed by atoms with Crippen LogP contribution in [0.25, 0.3) is 11.3 Å². The second-order valence-corrected chi connectivity index (χ2v) is 7.60. The fraction of sp³-hybridized carbons (Fsp3) is 0.105. The van der Waals surface area contributed by atoms with Crippen molar-refractivity contribution in [3.05, 3.63) is 71.5 Å². The number of nitrogens with one attached hydrogen (secondary N) is 1. The molecule has 0 saturated heterocycles. The van der Waals surface area contributed by atoms with E-state index in [2.05, 4.69) is 4.72 Å². The van der Waals surface area contributed by atoms with Crippen LogP contribution in [-0.4, -0.2) is 19.5 Å². The van der Waals surface area contributed by atoms with Crippen LogP contribution in [0.1, 0.15) is 21.7 Å². The largest absolute Gasteiger partial charge is 0.475 e. The van der Waals surface area contributed by atoms with E-state index in [1.807, 2.05) is 6.92 Å². The summed E-state index contributed by atoms with van der Waals surface area (Å²) >= 11 is 0. The number of carbonyl (C=O) groups is 1. The normalized spacial score (nSPS) is 11.3. The molecule has 0 aliphatic heterocycles. The number of aryl methyl sites for hydroxylation is 2. The van der Waals surface area contributed by atoms with Gasteiger partial charge in [0.25, 0.3) is 10.0 Å². The van der Waals surface area contributed by atoms with Crippen LogP contribution in [0.15, 0.2) is 63.9 Å². The Morgan fingerprint density at radius 2 is 1.69 bits per heavy atom. The zero-order valence-electron chi connectivity index (χ0n) is 14.2. The molecule has 0 saturated carbocycles. The number of hydrogen-bond donors (Lipinski definition) is 2. The van der Waals surface area contributed by atoms with E-state index in [4.69, 9.17) is 9.52 Å². The Morgan fingerprint density at radius 3 is 2.31 bits per heavy atom. The predicted octanol–water partition coefficient (Wildman–Crippen LogP) is 4.06. The van der Waals surface area contributed by atoms with E-state index in [9.17, 15) is 13.2 Å². The lowest BCUT2D eigenvalue weighted by Crippen LogP contribution is -2.13. The molecule has 2 aromatic carbocycles. The standard InChI is InChI=1S/C19H17NO5S/c1-12-3-7-15(8-4-12)26(23,24)20-16-11-14(6-5-13(16)2)17-9-10-18(25-17)19(21)22/h3-11,20H,1-2H3,(H,21,22). The summed E-state index contributed by atoms with van der Waals surface area (Å²) in [5, 5.41) is 8.96. The average Bonchev–Trinajstić information content (AvgIpc) is 3.07. The van der Waals surface area contributed by atoms with Crippen LogP contribution in [0.4, 0.5) is 5.69 Å². The van der Waals surface area contributed by atoms with E-state index in [0.29, 0.717) is 17.0 Å². The zero-order chi connectivity index (χ0) is 18.9. The lowest BCUT2D eigenvalue weighted by molar-refractivity contribution is 0.0663. The number of carboxylic acids is 1. The second-order valence-electron chi connectivity index (χ2n) is 5.92. The molecule has 0 bridgehead atoms. The van der Waals surface area contributed by atoms with Gasteiger partial charge in [0.05, 0.1) is 10.6 Å². The van der Waals surface area contributed by atoms with Gasteiger partial charge < -0.3 is 9.52 Å². The average molecular weight is 371 g/mol. The molecular formula is C19H17NO5S. The van der Waals surface area contributed by atoms with Crippen LogP contribution in [0.2, 0.25) is 0 Å². The molecule has 6 nitrogen and oxygen atoms in total. The zero-order valence-corrected chi connectivity index (χ0v) is 15.0. The fourth-order valence-corrected chi connectivity index (χ4v) is 3.54. The lowest BCUT2D eigenvalue weighted by Gasteiger charge is -2.12. The molecule has 134 valence electrons. The minimum Gasteiger partial charge on any atom is -0.475 e. The molecule has 26 heavy (non-hydrogen) atoms. The lowest BCUT2D eigenvalue weighted by atomic mass is 10.1. The van der Waals surface area contributed by atoms with Gasteiger partial charge in [-0.1, -0.05) is 29.8 Å². The summed E-state index contributed by atoms with van der Waals surface area (Å²) in [6.07, 6.45) is 0. The molecule has 0 amide bonds. The van der Waals surface area contributed by atoms with Crippen molar-refractivity contribution >= 4 is 21.7 Å². The first kappa shape index (κ1) is 17.8. The molecule has 0 radical (unpaired) electrons. The Morgan fingerprint density at radius 1 is 1.00 bits per heavy atom. The van der Waals surface area contributed by atoms with Gasteiger partial charge in [-0.2, -0.15) is 0 Å². The van der Waals surface area contributed by atoms with Crippen molar-refractivity contribution in [2.24, 2.45) is 0 Å². The third-order valence-corrected chi connectivity index (χ3v) is 5.30. The molecule has 0 fully saturated rings. The number of hydrogen-bond acceptors (Lipinski definition) is 4. The van der Waals surface area contributed by atoms with Gasteiger partial charge in [0.15, 0.2) is 0 Å². The summed E-state index contributed by atoms with van der Waals surface area (Å²) in [5.41, 5.74) is 2.67. The van der Waals surface area contributed by atoms with E-state index in [0.717, 1.165) is 11.1 Å². The second kappa shape index (κ2) is 6.68. The molecule has 7 heteroatoms. The summed E-state index contributed by atoms with van der Waals surface area (Å²) in [4.78, 5) is 11.1. The summed E-state index contributed by atoms with van der Waals surface area (Å²) in [6.45, 7) is 3.66. The maximum absolute atomic E-state index is 12.6. The monoisotopic (exact) mass is 371 g/mol. The van der Waals surface area contributed by atoms with E-state index in [1.54, 1.807) is 49.4 Å². The molecular weight excluding hydrogens is 354 g/mol. The molecule has 0 aliphatic rings. The van der Waals surface area contributed by atoms with Crippen molar-refractivity contribution in [3.8, 4) is 11.3 Å². The van der Waals surface area contributed by atoms with Crippen molar-refractivity contribution in [2.75, 3.05) is 4.72 Å². The van der Waals surface area contributed by atoms with E-state index in [1.165, 1.54) is 12.1 Å². The van der Waals surface area contributed by atoms with Gasteiger partial charge in [0.1, 0.15) is 5.76 Å². The van der Waals surface area contributed by atoms with Crippen LogP contribution < -0.4 is 4.72 Å². The highest BCUT2D eigenvalue weighted by molar-refractivity contribution is 7.92. The molecule has 1 aromatic heterocycles. The Hall–Kier alpha value is -3.06. The SMILES string of the molecule is Cc1ccc(S(=O)(=O)Nc2cc(-c3ccc(C(=O)O)o3)ccc2C)cc1. The van der Waals surface area contributed by atoms with Gasteiger partial charge in [-0.25, -0.2) is 13.2 Å². The third-order valence-electron chi connectivity index (χ3n) is 3.91. The number of furan rings is 1. The van der Waals surface area contributed by atoms with Gasteiger partial charge >= 0.3 is 5.97 Å². The van der Waals surface area contributed by atoms with E-state index < -0.39 is 16.0 Å². The number of benzene rings is 2. The van der Waals surface area contributed by atoms with Crippen LogP contribution in [0.3, 0.4) is 0 Å². The first-order chi connectivity index (χ1) is 12.3. The Balaban J connectivity index is 1.95. The Bertz CT molecular complexity index is 1070. The summed E-state index contributed by atoms with van der Waals surface area (Å²) in [5.74, 6) is -0.996.